The van der Waals surface area contributed by atoms with Crippen LogP contribution in [-0.2, 0) is 9.47 Å². The molecule has 3 heteroatoms. The molecule has 0 amide bonds. The van der Waals surface area contributed by atoms with E-state index in [0.29, 0.717) is 0 Å². The monoisotopic (exact) mass is 191 g/mol. The Morgan fingerprint density at radius 2 is 2.14 bits per heavy atom. The summed E-state index contributed by atoms with van der Waals surface area (Å²) in [4.78, 5) is 4.25. The summed E-state index contributed by atoms with van der Waals surface area (Å²) in [6.07, 6.45) is 1.39. The van der Waals surface area contributed by atoms with Gasteiger partial charge in [0.2, 0.25) is 6.29 Å². The molecule has 0 N–H and O–H groups in total. The standard InChI is InChI=1S/C11H13NO2/c1-7(2)9-4-5-10(12-6-9)11-13-8(3)14-11/h4-6,8,11H,1H2,2-3H3. The first-order valence-corrected chi connectivity index (χ1v) is 4.59. The van der Waals surface area contributed by atoms with Crippen LogP contribution in [0.25, 0.3) is 5.57 Å². The number of hydrogen-bond acceptors (Lipinski definition) is 3. The van der Waals surface area contributed by atoms with Gasteiger partial charge < -0.3 is 9.47 Å². The molecule has 0 unspecified atom stereocenters. The predicted molar refractivity (Wildman–Crippen MR) is 53.3 cm³/mol. The van der Waals surface area contributed by atoms with Gasteiger partial charge >= 0.3 is 0 Å². The Balaban J connectivity index is 2.10. The molecule has 1 aromatic rings. The van der Waals surface area contributed by atoms with Gasteiger partial charge in [-0.2, -0.15) is 0 Å². The van der Waals surface area contributed by atoms with Gasteiger partial charge in [0.25, 0.3) is 0 Å². The van der Waals surface area contributed by atoms with E-state index in [0.717, 1.165) is 16.8 Å². The normalized spacial score (nSPS) is 25.6. The van der Waals surface area contributed by atoms with Crippen molar-refractivity contribution in [1.29, 1.82) is 0 Å². The molecule has 1 aliphatic heterocycles. The fraction of sp³-hybridized carbons (Fsp3) is 0.364. The lowest BCUT2D eigenvalue weighted by molar-refractivity contribution is -0.383. The average molecular weight is 191 g/mol. The number of ether oxygens (including phenoxy) is 2. The highest BCUT2D eigenvalue weighted by Gasteiger charge is 2.29. The summed E-state index contributed by atoms with van der Waals surface area (Å²) < 4.78 is 10.6. The maximum atomic E-state index is 5.32. The van der Waals surface area contributed by atoms with Crippen molar-refractivity contribution in [3.05, 3.63) is 36.2 Å². The number of hydrogen-bond donors (Lipinski definition) is 0. The molecule has 2 rings (SSSR count). The molecule has 1 saturated heterocycles. The number of aromatic nitrogens is 1. The number of pyridine rings is 1. The Kier molecular flexibility index (Phi) is 2.35. The van der Waals surface area contributed by atoms with Crippen LogP contribution in [-0.4, -0.2) is 11.3 Å². The highest BCUT2D eigenvalue weighted by molar-refractivity contribution is 5.60. The van der Waals surface area contributed by atoms with Crippen LogP contribution in [0.4, 0.5) is 0 Å². The minimum Gasteiger partial charge on any atom is -0.318 e. The Morgan fingerprint density at radius 1 is 1.43 bits per heavy atom. The SMILES string of the molecule is C=C(C)c1ccc(C2OC(C)O2)nc1. The summed E-state index contributed by atoms with van der Waals surface area (Å²) in [6, 6.07) is 3.88. The summed E-state index contributed by atoms with van der Waals surface area (Å²) in [5.41, 5.74) is 2.86. The van der Waals surface area contributed by atoms with Gasteiger partial charge in [0.1, 0.15) is 0 Å². The summed E-state index contributed by atoms with van der Waals surface area (Å²) >= 11 is 0. The third-order valence-corrected chi connectivity index (χ3v) is 2.15. The van der Waals surface area contributed by atoms with Gasteiger partial charge in [-0.05, 0) is 31.1 Å². The van der Waals surface area contributed by atoms with Gasteiger partial charge in [-0.3, -0.25) is 4.98 Å². The molecular formula is C11H13NO2. The van der Waals surface area contributed by atoms with Crippen molar-refractivity contribution in [1.82, 2.24) is 4.98 Å². The van der Waals surface area contributed by atoms with E-state index < -0.39 is 0 Å². The van der Waals surface area contributed by atoms with Crippen molar-refractivity contribution in [2.24, 2.45) is 0 Å². The second-order valence-electron chi connectivity index (χ2n) is 3.42. The fourth-order valence-corrected chi connectivity index (χ4v) is 1.29. The van der Waals surface area contributed by atoms with E-state index in [1.807, 2.05) is 26.0 Å². The van der Waals surface area contributed by atoms with Crippen LogP contribution >= 0.6 is 0 Å². The van der Waals surface area contributed by atoms with Crippen molar-refractivity contribution in [2.45, 2.75) is 26.4 Å². The predicted octanol–water partition coefficient (Wildman–Crippen LogP) is 2.51. The average Bonchev–Trinajstić information content (AvgIpc) is 2.13. The van der Waals surface area contributed by atoms with Crippen LogP contribution in [0.15, 0.2) is 24.9 Å². The fourth-order valence-electron chi connectivity index (χ4n) is 1.29. The van der Waals surface area contributed by atoms with Crippen molar-refractivity contribution in [2.75, 3.05) is 0 Å². The van der Waals surface area contributed by atoms with E-state index in [4.69, 9.17) is 9.47 Å². The molecule has 0 radical (unpaired) electrons. The summed E-state index contributed by atoms with van der Waals surface area (Å²) in [5.74, 6) is 0. The first kappa shape index (κ1) is 9.37. The summed E-state index contributed by atoms with van der Waals surface area (Å²) in [7, 11) is 0. The molecule has 0 aromatic carbocycles. The Labute approximate surface area is 83.4 Å². The van der Waals surface area contributed by atoms with Crippen molar-refractivity contribution in [3.8, 4) is 0 Å². The van der Waals surface area contributed by atoms with Crippen LogP contribution < -0.4 is 0 Å². The molecule has 0 bridgehead atoms. The number of rotatable bonds is 2. The van der Waals surface area contributed by atoms with Crippen molar-refractivity contribution < 1.29 is 9.47 Å². The lowest BCUT2D eigenvalue weighted by Crippen LogP contribution is -2.32. The highest BCUT2D eigenvalue weighted by Crippen LogP contribution is 2.30. The van der Waals surface area contributed by atoms with E-state index >= 15 is 0 Å². The molecule has 0 aliphatic carbocycles. The third kappa shape index (κ3) is 1.69. The topological polar surface area (TPSA) is 31.4 Å². The van der Waals surface area contributed by atoms with E-state index in [1.54, 1.807) is 6.20 Å². The van der Waals surface area contributed by atoms with Gasteiger partial charge in [0.15, 0.2) is 6.29 Å². The van der Waals surface area contributed by atoms with E-state index in [9.17, 15) is 0 Å². The van der Waals surface area contributed by atoms with Crippen LogP contribution in [0.2, 0.25) is 0 Å². The van der Waals surface area contributed by atoms with Gasteiger partial charge in [0.05, 0.1) is 5.69 Å². The molecule has 14 heavy (non-hydrogen) atoms. The molecule has 1 aromatic heterocycles. The molecule has 3 nitrogen and oxygen atoms in total. The Bertz CT molecular complexity index is 339. The molecule has 0 spiro atoms. The minimum absolute atomic E-state index is 0.109. The molecule has 1 fully saturated rings. The van der Waals surface area contributed by atoms with Crippen LogP contribution in [0.1, 0.15) is 31.4 Å². The zero-order valence-corrected chi connectivity index (χ0v) is 8.36. The van der Waals surface area contributed by atoms with Gasteiger partial charge in [0, 0.05) is 6.20 Å². The van der Waals surface area contributed by atoms with Crippen LogP contribution in [0, 0.1) is 0 Å². The molecule has 0 saturated carbocycles. The summed E-state index contributed by atoms with van der Waals surface area (Å²) in [5, 5.41) is 0. The smallest absolute Gasteiger partial charge is 0.206 e. The summed E-state index contributed by atoms with van der Waals surface area (Å²) in [6.45, 7) is 7.66. The molecule has 0 atom stereocenters. The van der Waals surface area contributed by atoms with E-state index in [1.165, 1.54) is 0 Å². The van der Waals surface area contributed by atoms with Gasteiger partial charge in [-0.25, -0.2) is 0 Å². The Morgan fingerprint density at radius 3 is 2.57 bits per heavy atom. The lowest BCUT2D eigenvalue weighted by atomic mass is 10.1. The molecule has 2 heterocycles. The number of allylic oxidation sites excluding steroid dienone is 1. The minimum atomic E-state index is -0.288. The van der Waals surface area contributed by atoms with E-state index in [2.05, 4.69) is 11.6 Å². The van der Waals surface area contributed by atoms with Crippen molar-refractivity contribution >= 4 is 5.57 Å². The largest absolute Gasteiger partial charge is 0.318 e. The third-order valence-electron chi connectivity index (χ3n) is 2.15. The second kappa shape index (κ2) is 3.52. The number of nitrogens with zero attached hydrogens (tertiary/aromatic N) is 1. The maximum absolute atomic E-state index is 5.32. The molecular weight excluding hydrogens is 178 g/mol. The Hall–Kier alpha value is -1.19. The quantitative estimate of drug-likeness (QED) is 0.719. The zero-order valence-electron chi connectivity index (χ0n) is 8.36. The van der Waals surface area contributed by atoms with Crippen molar-refractivity contribution in [3.63, 3.8) is 0 Å². The molecule has 74 valence electrons. The lowest BCUT2D eigenvalue weighted by Gasteiger charge is -2.33. The first-order valence-electron chi connectivity index (χ1n) is 4.59. The maximum Gasteiger partial charge on any atom is 0.206 e. The van der Waals surface area contributed by atoms with Crippen LogP contribution in [0.5, 0.6) is 0 Å². The highest BCUT2D eigenvalue weighted by atomic mass is 16.9. The zero-order chi connectivity index (χ0) is 10.1. The second-order valence-corrected chi connectivity index (χ2v) is 3.42. The first-order chi connectivity index (χ1) is 6.66. The molecule has 1 aliphatic rings. The van der Waals surface area contributed by atoms with Crippen LogP contribution in [0.3, 0.4) is 0 Å². The van der Waals surface area contributed by atoms with E-state index in [-0.39, 0.29) is 12.6 Å². The van der Waals surface area contributed by atoms with Gasteiger partial charge in [-0.1, -0.05) is 12.6 Å². The van der Waals surface area contributed by atoms with Gasteiger partial charge in [-0.15, -0.1) is 0 Å².